The van der Waals surface area contributed by atoms with Gasteiger partial charge >= 0.3 is 17.1 Å². The predicted octanol–water partition coefficient (Wildman–Crippen LogP) is -4.79. The largest absolute Gasteiger partial charge is 2.00 e. The van der Waals surface area contributed by atoms with E-state index >= 15 is 0 Å². The van der Waals surface area contributed by atoms with Gasteiger partial charge in [-0.3, -0.25) is 9.97 Å². The smallest absolute Gasteiger partial charge is 0.397 e. The van der Waals surface area contributed by atoms with E-state index in [-0.39, 0.29) is 23.7 Å². The van der Waals surface area contributed by atoms with Gasteiger partial charge in [0, 0.05) is 40.5 Å². The molecule has 0 saturated heterocycles. The molecule has 0 saturated carbocycles. The number of rotatable bonds is 2. The van der Waals surface area contributed by atoms with Crippen LogP contribution in [0.1, 0.15) is 6.92 Å². The molecule has 0 aliphatic carbocycles. The normalized spacial score (nSPS) is 10.8. The zero-order chi connectivity index (χ0) is 37.0. The summed E-state index contributed by atoms with van der Waals surface area (Å²) in [6.07, 6.45) is 9.82. The molecular formula is C30H24Cl2CuN10O9. The Bertz CT molecular complexity index is 2120. The van der Waals surface area contributed by atoms with Crippen LogP contribution >= 0.6 is 0 Å². The molecule has 0 unspecified atom stereocenters. The number of fused-ring (bicyclic) bond motifs is 6. The van der Waals surface area contributed by atoms with E-state index in [0.29, 0.717) is 0 Å². The first-order valence-electron chi connectivity index (χ1n) is 14.1. The zero-order valence-corrected chi connectivity index (χ0v) is 28.8. The average Bonchev–Trinajstić information content (AvgIpc) is 3.83. The van der Waals surface area contributed by atoms with Crippen LogP contribution in [-0.4, -0.2) is 61.2 Å². The molecule has 19 nitrogen and oxygen atoms in total. The first-order valence-corrected chi connectivity index (χ1v) is 16.6. The molecule has 52 heavy (non-hydrogen) atoms. The van der Waals surface area contributed by atoms with Crippen LogP contribution in [-0.2, 0) is 17.1 Å². The molecule has 0 aliphatic rings. The number of aliphatic hydroxyl groups excluding tert-OH is 1. The Morgan fingerprint density at radius 3 is 1.15 bits per heavy atom. The summed E-state index contributed by atoms with van der Waals surface area (Å²) in [5, 5.41) is 20.1. The molecule has 1 N–H and O–H groups in total. The van der Waals surface area contributed by atoms with Gasteiger partial charge in [0.15, 0.2) is 11.6 Å². The van der Waals surface area contributed by atoms with Gasteiger partial charge in [-0.15, -0.1) is 20.5 Å². The van der Waals surface area contributed by atoms with E-state index in [1.807, 2.05) is 48.5 Å². The summed E-state index contributed by atoms with van der Waals surface area (Å²) in [4.78, 5) is 26.0. The van der Waals surface area contributed by atoms with Crippen LogP contribution < -0.4 is 37.3 Å². The number of pyridine rings is 4. The van der Waals surface area contributed by atoms with Crippen molar-refractivity contribution in [1.82, 2.24) is 49.5 Å². The summed E-state index contributed by atoms with van der Waals surface area (Å²) in [5.74, 6) is 1.48. The van der Waals surface area contributed by atoms with Gasteiger partial charge in [0.2, 0.25) is 0 Å². The minimum Gasteiger partial charge on any atom is -0.397 e. The second-order valence-electron chi connectivity index (χ2n) is 9.52. The Hall–Kier alpha value is -4.90. The van der Waals surface area contributed by atoms with Crippen molar-refractivity contribution in [3.05, 3.63) is 110 Å². The molecule has 0 bridgehead atoms. The van der Waals surface area contributed by atoms with Crippen LogP contribution in [0.2, 0.25) is 0 Å². The van der Waals surface area contributed by atoms with Gasteiger partial charge in [0.25, 0.3) is 0 Å². The quantitative estimate of drug-likeness (QED) is 0.127. The van der Waals surface area contributed by atoms with Crippen LogP contribution in [0.5, 0.6) is 0 Å². The maximum absolute atomic E-state index is 8.49. The van der Waals surface area contributed by atoms with Crippen molar-refractivity contribution in [2.45, 2.75) is 6.92 Å². The Morgan fingerprint density at radius 1 is 0.538 bits per heavy atom. The summed E-state index contributed by atoms with van der Waals surface area (Å²) < 4.78 is 71.2. The molecule has 0 fully saturated rings. The van der Waals surface area contributed by atoms with Crippen molar-refractivity contribution < 1.29 is 79.9 Å². The van der Waals surface area contributed by atoms with E-state index in [1.165, 1.54) is 12.7 Å². The van der Waals surface area contributed by atoms with Gasteiger partial charge in [-0.2, -0.15) is 10.2 Å². The molecule has 273 valence electrons. The summed E-state index contributed by atoms with van der Waals surface area (Å²) in [6.45, 7) is 1.93. The van der Waals surface area contributed by atoms with Gasteiger partial charge < -0.3 is 5.11 Å². The topological polar surface area (TPSA) is 318 Å². The Labute approximate surface area is 307 Å². The molecule has 22 heteroatoms. The van der Waals surface area contributed by atoms with Crippen LogP contribution in [0.15, 0.2) is 110 Å². The fraction of sp³-hybridized carbons (Fsp3) is 0.0667. The van der Waals surface area contributed by atoms with E-state index in [1.54, 1.807) is 41.3 Å². The summed E-state index contributed by atoms with van der Waals surface area (Å²) in [5.41, 5.74) is 3.57. The second kappa shape index (κ2) is 19.1. The fourth-order valence-electron chi connectivity index (χ4n) is 4.34. The molecule has 0 amide bonds. The van der Waals surface area contributed by atoms with Crippen molar-refractivity contribution in [3.8, 4) is 11.6 Å². The van der Waals surface area contributed by atoms with Crippen LogP contribution in [0.3, 0.4) is 0 Å². The van der Waals surface area contributed by atoms with Gasteiger partial charge in [-0.1, -0.05) is 36.4 Å². The molecule has 0 aliphatic heterocycles. The molecule has 0 atom stereocenters. The number of benzene rings is 2. The molecule has 2 aromatic carbocycles. The minimum absolute atomic E-state index is 0. The molecular weight excluding hydrogens is 779 g/mol. The van der Waals surface area contributed by atoms with Crippen molar-refractivity contribution in [2.75, 3.05) is 6.61 Å². The molecule has 0 spiro atoms. The Kier molecular flexibility index (Phi) is 15.2. The number of aliphatic hydroxyl groups is 1. The second-order valence-corrected chi connectivity index (χ2v) is 11.0. The number of hydrogen-bond acceptors (Lipinski definition) is 17. The molecule has 8 aromatic rings. The standard InChI is InChI=1S/2C14H9N5.C2H6O.2ClHO4.Cu/c2*1-2-10-3-4-11-5-6-12(19-9-15-8-17-19)18-14(11)13(10)16-7-1;1-2-3;2*2-1(3,4)5;/h2*1-9H;3H,2H2,1H3;2*(H,2,3,4,5);/q;;;;;+2/p-2. The van der Waals surface area contributed by atoms with Gasteiger partial charge in [0.1, 0.15) is 25.3 Å². The third-order valence-corrected chi connectivity index (χ3v) is 6.14. The molecule has 6 aromatic heterocycles. The Balaban J connectivity index is 0.000000208. The number of aromatic nitrogens is 10. The molecule has 6 heterocycles. The predicted molar refractivity (Wildman–Crippen MR) is 157 cm³/mol. The van der Waals surface area contributed by atoms with E-state index in [2.05, 4.69) is 64.4 Å². The average molecular weight is 803 g/mol. The van der Waals surface area contributed by atoms with E-state index in [9.17, 15) is 0 Å². The van der Waals surface area contributed by atoms with Crippen LogP contribution in [0.25, 0.3) is 55.2 Å². The van der Waals surface area contributed by atoms with Gasteiger partial charge in [-0.25, -0.2) is 66.6 Å². The fourth-order valence-corrected chi connectivity index (χ4v) is 4.34. The van der Waals surface area contributed by atoms with E-state index < -0.39 is 20.5 Å². The Morgan fingerprint density at radius 2 is 0.846 bits per heavy atom. The maximum Gasteiger partial charge on any atom is 2.00 e. The monoisotopic (exact) mass is 801 g/mol. The third kappa shape index (κ3) is 12.7. The third-order valence-electron chi connectivity index (χ3n) is 6.14. The first-order chi connectivity index (χ1) is 24.2. The van der Waals surface area contributed by atoms with Crippen LogP contribution in [0, 0.1) is 20.5 Å². The van der Waals surface area contributed by atoms with Crippen molar-refractivity contribution in [2.24, 2.45) is 0 Å². The van der Waals surface area contributed by atoms with Crippen molar-refractivity contribution in [1.29, 1.82) is 0 Å². The summed E-state index contributed by atoms with van der Waals surface area (Å²) >= 11 is 0. The zero-order valence-electron chi connectivity index (χ0n) is 26.3. The van der Waals surface area contributed by atoms with E-state index in [4.69, 9.17) is 42.4 Å². The number of hydrogen-bond donors (Lipinski definition) is 1. The van der Waals surface area contributed by atoms with Gasteiger partial charge in [-0.05, 0) is 43.3 Å². The van der Waals surface area contributed by atoms with Gasteiger partial charge in [0.05, 0.1) is 22.1 Å². The SMILES string of the molecule is CCO.[Cu+2].[O-][Cl+3]([O-])([O-])[O-].[O-][Cl+3]([O-])([O-])[O-].c1cnc2c(c1)ccc1ccc(-n3cncn3)nc12.c1cnc2c(c1)ccc1ccc(-n3cncn3)nc12. The molecule has 8 rings (SSSR count). The first kappa shape index (κ1) is 41.5. The summed E-state index contributed by atoms with van der Waals surface area (Å²) in [7, 11) is -9.89. The van der Waals surface area contributed by atoms with Crippen molar-refractivity contribution in [3.63, 3.8) is 0 Å². The van der Waals surface area contributed by atoms with E-state index in [0.717, 1.165) is 55.2 Å². The molecule has 1 radical (unpaired) electrons. The summed E-state index contributed by atoms with van der Waals surface area (Å²) in [6, 6.07) is 24.0. The van der Waals surface area contributed by atoms with Crippen LogP contribution in [0.4, 0.5) is 0 Å². The minimum atomic E-state index is -4.94. The number of nitrogens with zero attached hydrogens (tertiary/aromatic N) is 10. The number of halogens is 2. The van der Waals surface area contributed by atoms with Crippen molar-refractivity contribution >= 4 is 43.6 Å². The maximum atomic E-state index is 8.49.